The van der Waals surface area contributed by atoms with Gasteiger partial charge in [-0.15, -0.1) is 16.9 Å². The summed E-state index contributed by atoms with van der Waals surface area (Å²) in [5.41, 5.74) is 5.01. The molecule has 1 amide bonds. The number of nitrogens with one attached hydrogen (secondary N) is 1. The molecule has 0 aliphatic heterocycles. The number of hydrogen-bond donors (Lipinski definition) is 1. The number of thioether (sulfide) groups is 1. The lowest BCUT2D eigenvalue weighted by atomic mass is 10.2. The van der Waals surface area contributed by atoms with Crippen molar-refractivity contribution in [1.29, 1.82) is 0 Å². The molecule has 0 atom stereocenters. The van der Waals surface area contributed by atoms with Gasteiger partial charge in [-0.05, 0) is 36.1 Å². The summed E-state index contributed by atoms with van der Waals surface area (Å²) in [5, 5.41) is 11.9. The number of hydrazone groups is 1. The van der Waals surface area contributed by atoms with Gasteiger partial charge in [0.15, 0.2) is 0 Å². The Hall–Kier alpha value is -2.67. The van der Waals surface area contributed by atoms with Crippen molar-refractivity contribution in [1.82, 2.24) is 20.4 Å². The third-order valence-corrected chi connectivity index (χ3v) is 3.98. The molecule has 0 aliphatic rings. The highest BCUT2D eigenvalue weighted by molar-refractivity contribution is 7.98. The fourth-order valence-corrected chi connectivity index (χ4v) is 2.48. The fraction of sp³-hybridized carbons (Fsp3) is 0.125. The number of amides is 1. The Morgan fingerprint density at radius 3 is 2.83 bits per heavy atom. The molecule has 1 aromatic heterocycles. The molecule has 3 aromatic rings. The van der Waals surface area contributed by atoms with Gasteiger partial charge >= 0.3 is 0 Å². The van der Waals surface area contributed by atoms with E-state index in [1.165, 1.54) is 4.90 Å². The van der Waals surface area contributed by atoms with Crippen LogP contribution in [0.2, 0.25) is 0 Å². The van der Waals surface area contributed by atoms with Crippen molar-refractivity contribution in [3.05, 3.63) is 54.1 Å². The second-order valence-electron chi connectivity index (χ2n) is 4.80. The van der Waals surface area contributed by atoms with Crippen molar-refractivity contribution in [3.63, 3.8) is 0 Å². The third kappa shape index (κ3) is 3.75. The van der Waals surface area contributed by atoms with Crippen molar-refractivity contribution in [2.45, 2.75) is 11.4 Å². The van der Waals surface area contributed by atoms with Crippen LogP contribution in [-0.2, 0) is 11.3 Å². The lowest BCUT2D eigenvalue weighted by Gasteiger charge is -2.01. The molecule has 0 aliphatic carbocycles. The summed E-state index contributed by atoms with van der Waals surface area (Å²) in [6.45, 7) is 0.0727. The van der Waals surface area contributed by atoms with Crippen LogP contribution in [0.5, 0.6) is 0 Å². The van der Waals surface area contributed by atoms with Gasteiger partial charge in [-0.1, -0.05) is 29.5 Å². The number of carbonyl (C=O) groups excluding carboxylic acids is 1. The first-order valence-corrected chi connectivity index (χ1v) is 8.23. The van der Waals surface area contributed by atoms with Gasteiger partial charge in [0.2, 0.25) is 0 Å². The van der Waals surface area contributed by atoms with Crippen LogP contribution in [0, 0.1) is 0 Å². The Morgan fingerprint density at radius 2 is 2.04 bits per heavy atom. The topological polar surface area (TPSA) is 72.2 Å². The van der Waals surface area contributed by atoms with E-state index in [0.29, 0.717) is 0 Å². The van der Waals surface area contributed by atoms with Gasteiger partial charge in [0.05, 0.1) is 11.7 Å². The molecule has 116 valence electrons. The smallest absolute Gasteiger partial charge is 0.261 e. The number of rotatable bonds is 5. The van der Waals surface area contributed by atoms with Gasteiger partial charge in [-0.3, -0.25) is 4.79 Å². The largest absolute Gasteiger partial charge is 0.271 e. The minimum absolute atomic E-state index is 0.0727. The third-order valence-electron chi connectivity index (χ3n) is 3.23. The minimum atomic E-state index is -0.252. The SMILES string of the molecule is CSc1ccc(/C=N/NC(=O)Cn2nnc3ccccc32)cc1. The summed E-state index contributed by atoms with van der Waals surface area (Å²) < 4.78 is 1.55. The lowest BCUT2D eigenvalue weighted by Crippen LogP contribution is -2.23. The minimum Gasteiger partial charge on any atom is -0.271 e. The average Bonchev–Trinajstić information content (AvgIpc) is 2.99. The van der Waals surface area contributed by atoms with E-state index in [9.17, 15) is 4.79 Å². The van der Waals surface area contributed by atoms with E-state index >= 15 is 0 Å². The lowest BCUT2D eigenvalue weighted by molar-refractivity contribution is -0.121. The Bertz CT molecular complexity index is 841. The zero-order chi connectivity index (χ0) is 16.1. The Labute approximate surface area is 137 Å². The Kier molecular flexibility index (Phi) is 4.68. The number of para-hydroxylation sites is 1. The Morgan fingerprint density at radius 1 is 1.26 bits per heavy atom. The van der Waals surface area contributed by atoms with E-state index in [0.717, 1.165) is 16.6 Å². The maximum absolute atomic E-state index is 11.9. The van der Waals surface area contributed by atoms with Crippen LogP contribution in [0.15, 0.2) is 58.5 Å². The summed E-state index contributed by atoms with van der Waals surface area (Å²) in [7, 11) is 0. The molecule has 1 heterocycles. The maximum Gasteiger partial charge on any atom is 0.261 e. The number of aromatic nitrogens is 3. The summed E-state index contributed by atoms with van der Waals surface area (Å²) in [5.74, 6) is -0.252. The van der Waals surface area contributed by atoms with Gasteiger partial charge in [0.25, 0.3) is 5.91 Å². The molecule has 0 radical (unpaired) electrons. The normalized spacial score (nSPS) is 11.2. The molecular formula is C16H15N5OS. The van der Waals surface area contributed by atoms with E-state index in [1.54, 1.807) is 22.7 Å². The molecule has 23 heavy (non-hydrogen) atoms. The molecule has 3 rings (SSSR count). The van der Waals surface area contributed by atoms with Gasteiger partial charge in [-0.2, -0.15) is 5.10 Å². The number of fused-ring (bicyclic) bond motifs is 1. The molecule has 0 saturated heterocycles. The van der Waals surface area contributed by atoms with Crippen LogP contribution in [0.1, 0.15) is 5.56 Å². The molecule has 7 heteroatoms. The van der Waals surface area contributed by atoms with E-state index < -0.39 is 0 Å². The number of carbonyl (C=O) groups is 1. The molecule has 1 N–H and O–H groups in total. The summed E-state index contributed by atoms with van der Waals surface area (Å²) in [4.78, 5) is 13.1. The van der Waals surface area contributed by atoms with Crippen LogP contribution < -0.4 is 5.43 Å². The van der Waals surface area contributed by atoms with Crippen LogP contribution in [0.3, 0.4) is 0 Å². The molecule has 2 aromatic carbocycles. The van der Waals surface area contributed by atoms with Crippen molar-refractivity contribution in [2.24, 2.45) is 5.10 Å². The standard InChI is InChI=1S/C16H15N5OS/c1-23-13-8-6-12(7-9-13)10-17-19-16(22)11-21-15-5-3-2-4-14(15)18-20-21/h2-10H,11H2,1H3,(H,19,22)/b17-10+. The number of benzene rings is 2. The van der Waals surface area contributed by atoms with Crippen LogP contribution in [0.4, 0.5) is 0 Å². The predicted molar refractivity (Wildman–Crippen MR) is 91.5 cm³/mol. The van der Waals surface area contributed by atoms with E-state index in [4.69, 9.17) is 0 Å². The average molecular weight is 325 g/mol. The highest BCUT2D eigenvalue weighted by atomic mass is 32.2. The summed E-state index contributed by atoms with van der Waals surface area (Å²) >= 11 is 1.68. The Balaban J connectivity index is 1.59. The highest BCUT2D eigenvalue weighted by Crippen LogP contribution is 2.13. The predicted octanol–water partition coefficient (Wildman–Crippen LogP) is 2.30. The van der Waals surface area contributed by atoms with Crippen molar-refractivity contribution >= 4 is 34.9 Å². The van der Waals surface area contributed by atoms with Gasteiger partial charge < -0.3 is 0 Å². The van der Waals surface area contributed by atoms with Crippen molar-refractivity contribution in [3.8, 4) is 0 Å². The monoisotopic (exact) mass is 325 g/mol. The second kappa shape index (κ2) is 7.06. The zero-order valence-corrected chi connectivity index (χ0v) is 13.3. The van der Waals surface area contributed by atoms with E-state index in [1.807, 2.05) is 54.8 Å². The number of nitrogens with zero attached hydrogens (tertiary/aromatic N) is 4. The first-order valence-electron chi connectivity index (χ1n) is 7.00. The van der Waals surface area contributed by atoms with Crippen LogP contribution >= 0.6 is 11.8 Å². The summed E-state index contributed by atoms with van der Waals surface area (Å²) in [6.07, 6.45) is 3.64. The van der Waals surface area contributed by atoms with Crippen molar-refractivity contribution < 1.29 is 4.79 Å². The van der Waals surface area contributed by atoms with Crippen molar-refractivity contribution in [2.75, 3.05) is 6.26 Å². The summed E-state index contributed by atoms with van der Waals surface area (Å²) in [6, 6.07) is 15.4. The quantitative estimate of drug-likeness (QED) is 0.444. The molecule has 0 unspecified atom stereocenters. The van der Waals surface area contributed by atoms with Gasteiger partial charge in [-0.25, -0.2) is 10.1 Å². The molecule has 0 spiro atoms. The molecule has 6 nitrogen and oxygen atoms in total. The molecular weight excluding hydrogens is 310 g/mol. The zero-order valence-electron chi connectivity index (χ0n) is 12.5. The maximum atomic E-state index is 11.9. The van der Waals surface area contributed by atoms with Gasteiger partial charge in [0, 0.05) is 4.90 Å². The van der Waals surface area contributed by atoms with E-state index in [2.05, 4.69) is 20.8 Å². The first kappa shape index (κ1) is 15.2. The van der Waals surface area contributed by atoms with Gasteiger partial charge in [0.1, 0.15) is 12.1 Å². The fourth-order valence-electron chi connectivity index (χ4n) is 2.07. The van der Waals surface area contributed by atoms with Crippen LogP contribution in [-0.4, -0.2) is 33.4 Å². The molecule has 0 bridgehead atoms. The molecule has 0 fully saturated rings. The second-order valence-corrected chi connectivity index (χ2v) is 5.68. The number of hydrogen-bond acceptors (Lipinski definition) is 5. The van der Waals surface area contributed by atoms with Crippen LogP contribution in [0.25, 0.3) is 11.0 Å². The van der Waals surface area contributed by atoms with E-state index in [-0.39, 0.29) is 12.5 Å². The molecule has 0 saturated carbocycles. The first-order chi connectivity index (χ1) is 11.3. The highest BCUT2D eigenvalue weighted by Gasteiger charge is 2.07.